The lowest BCUT2D eigenvalue weighted by Crippen LogP contribution is -1.92. The Hall–Kier alpha value is -1.30. The molecule has 0 heteroatoms. The maximum Gasteiger partial charge on any atom is -0.0152 e. The number of hydrogen-bond donors (Lipinski definition) is 0. The van der Waals surface area contributed by atoms with E-state index in [-0.39, 0.29) is 0 Å². The lowest BCUT2D eigenvalue weighted by molar-refractivity contribution is 0.535. The molecule has 0 aromatic heterocycles. The van der Waals surface area contributed by atoms with E-state index in [1.54, 1.807) is 11.1 Å². The highest BCUT2D eigenvalue weighted by Crippen LogP contribution is 2.24. The molecule has 0 fully saturated rings. The van der Waals surface area contributed by atoms with Gasteiger partial charge in [-0.3, -0.25) is 0 Å². The minimum absolute atomic E-state index is 1.20. The molecule has 0 aliphatic rings. The fourth-order valence-corrected chi connectivity index (χ4v) is 4.60. The Bertz CT molecular complexity index is 654. The average Bonchev–Trinajstić information content (AvgIpc) is 2.74. The summed E-state index contributed by atoms with van der Waals surface area (Å²) in [7, 11) is 0. The van der Waals surface area contributed by atoms with Crippen LogP contribution in [0, 0.1) is 0 Å². The van der Waals surface area contributed by atoms with Gasteiger partial charge in [-0.15, -0.1) is 0 Å². The number of benzene rings is 2. The summed E-state index contributed by atoms with van der Waals surface area (Å²) < 4.78 is 0. The summed E-state index contributed by atoms with van der Waals surface area (Å²) in [5, 5.41) is 2.89. The van der Waals surface area contributed by atoms with Gasteiger partial charge in [0.25, 0.3) is 0 Å². The van der Waals surface area contributed by atoms with Crippen LogP contribution in [-0.4, -0.2) is 0 Å². The number of unbranched alkanes of at least 4 members (excludes halogenated alkanes) is 13. The summed E-state index contributed by atoms with van der Waals surface area (Å²) in [6, 6.07) is 13.8. The van der Waals surface area contributed by atoms with Crippen molar-refractivity contribution in [1.29, 1.82) is 0 Å². The second kappa shape index (κ2) is 15.5. The standard InChI is InChI=1S/C29H46/c1-3-5-6-7-8-9-10-11-12-13-14-15-16-17-21-26-24-27(20-4-2)29-23-19-18-22-28(29)25-26/h18-19,22-25H,3-17,20-21H2,1-2H3. The fourth-order valence-electron chi connectivity index (χ4n) is 4.60. The van der Waals surface area contributed by atoms with Crippen molar-refractivity contribution in [1.82, 2.24) is 0 Å². The fraction of sp³-hybridized carbons (Fsp3) is 0.655. The number of fused-ring (bicyclic) bond motifs is 1. The Morgan fingerprint density at radius 1 is 0.517 bits per heavy atom. The summed E-state index contributed by atoms with van der Waals surface area (Å²) in [5.41, 5.74) is 3.09. The molecule has 0 aliphatic carbocycles. The SMILES string of the molecule is CCCCCCCCCCCCCCCCc1cc(CCC)c2ccccc2c1. The zero-order valence-corrected chi connectivity index (χ0v) is 19.5. The van der Waals surface area contributed by atoms with Crippen LogP contribution in [0.3, 0.4) is 0 Å². The van der Waals surface area contributed by atoms with Crippen molar-refractivity contribution in [2.24, 2.45) is 0 Å². The van der Waals surface area contributed by atoms with Crippen molar-refractivity contribution >= 4 is 10.8 Å². The molecule has 0 unspecified atom stereocenters. The number of aryl methyl sites for hydroxylation is 2. The maximum absolute atomic E-state index is 2.48. The van der Waals surface area contributed by atoms with Gasteiger partial charge in [-0.05, 0) is 41.2 Å². The molecule has 0 aliphatic heterocycles. The quantitative estimate of drug-likeness (QED) is 0.234. The van der Waals surface area contributed by atoms with Gasteiger partial charge in [0.05, 0.1) is 0 Å². The lowest BCUT2D eigenvalue weighted by atomic mass is 9.95. The molecule has 0 saturated carbocycles. The molecule has 2 rings (SSSR count). The van der Waals surface area contributed by atoms with Crippen molar-refractivity contribution in [2.45, 2.75) is 123 Å². The molecule has 0 radical (unpaired) electrons. The van der Waals surface area contributed by atoms with E-state index < -0.39 is 0 Å². The molecule has 0 spiro atoms. The van der Waals surface area contributed by atoms with Gasteiger partial charge in [0.2, 0.25) is 0 Å². The van der Waals surface area contributed by atoms with Gasteiger partial charge >= 0.3 is 0 Å². The predicted octanol–water partition coefficient (Wildman–Crippen LogP) is 9.82. The molecular weight excluding hydrogens is 348 g/mol. The Kier molecular flexibility index (Phi) is 12.8. The predicted molar refractivity (Wildman–Crippen MR) is 132 cm³/mol. The first-order valence-electron chi connectivity index (χ1n) is 12.9. The van der Waals surface area contributed by atoms with Gasteiger partial charge in [0.15, 0.2) is 0 Å². The normalized spacial score (nSPS) is 11.4. The van der Waals surface area contributed by atoms with Gasteiger partial charge in [-0.1, -0.05) is 140 Å². The van der Waals surface area contributed by atoms with E-state index in [1.165, 1.54) is 120 Å². The van der Waals surface area contributed by atoms with Crippen LogP contribution in [-0.2, 0) is 12.8 Å². The third-order valence-corrected chi connectivity index (χ3v) is 6.35. The highest BCUT2D eigenvalue weighted by atomic mass is 14.1. The topological polar surface area (TPSA) is 0 Å². The molecule has 29 heavy (non-hydrogen) atoms. The molecule has 2 aromatic carbocycles. The third-order valence-electron chi connectivity index (χ3n) is 6.35. The first-order valence-corrected chi connectivity index (χ1v) is 12.9. The van der Waals surface area contributed by atoms with E-state index in [2.05, 4.69) is 50.2 Å². The van der Waals surface area contributed by atoms with Gasteiger partial charge in [-0.25, -0.2) is 0 Å². The van der Waals surface area contributed by atoms with Crippen molar-refractivity contribution in [3.8, 4) is 0 Å². The van der Waals surface area contributed by atoms with Crippen LogP contribution in [0.1, 0.15) is 121 Å². The van der Waals surface area contributed by atoms with Crippen molar-refractivity contribution in [3.63, 3.8) is 0 Å². The Labute approximate surface area is 181 Å². The van der Waals surface area contributed by atoms with E-state index in [1.807, 2.05) is 0 Å². The van der Waals surface area contributed by atoms with E-state index in [0.717, 1.165) is 0 Å². The van der Waals surface area contributed by atoms with Crippen LogP contribution >= 0.6 is 0 Å². The molecule has 2 aromatic rings. The molecule has 0 bridgehead atoms. The largest absolute Gasteiger partial charge is 0.0654 e. The highest BCUT2D eigenvalue weighted by molar-refractivity contribution is 5.86. The Morgan fingerprint density at radius 3 is 1.66 bits per heavy atom. The smallest absolute Gasteiger partial charge is 0.0152 e. The summed E-state index contributed by atoms with van der Waals surface area (Å²) in [4.78, 5) is 0. The third kappa shape index (κ3) is 9.83. The minimum Gasteiger partial charge on any atom is -0.0654 e. The summed E-state index contributed by atoms with van der Waals surface area (Å²) in [5.74, 6) is 0. The zero-order valence-electron chi connectivity index (χ0n) is 19.5. The molecule has 0 N–H and O–H groups in total. The van der Waals surface area contributed by atoms with Crippen LogP contribution in [0.15, 0.2) is 36.4 Å². The molecule has 162 valence electrons. The first kappa shape index (κ1) is 24.0. The van der Waals surface area contributed by atoms with Gasteiger partial charge in [-0.2, -0.15) is 0 Å². The van der Waals surface area contributed by atoms with E-state index in [9.17, 15) is 0 Å². The first-order chi connectivity index (χ1) is 14.3. The summed E-state index contributed by atoms with van der Waals surface area (Å²) in [6.45, 7) is 4.59. The lowest BCUT2D eigenvalue weighted by Gasteiger charge is -2.10. The Morgan fingerprint density at radius 2 is 1.07 bits per heavy atom. The Balaban J connectivity index is 1.52. The van der Waals surface area contributed by atoms with Crippen molar-refractivity contribution < 1.29 is 0 Å². The zero-order chi connectivity index (χ0) is 20.6. The molecule has 0 amide bonds. The number of rotatable bonds is 17. The van der Waals surface area contributed by atoms with Crippen molar-refractivity contribution in [3.05, 3.63) is 47.5 Å². The van der Waals surface area contributed by atoms with E-state index in [4.69, 9.17) is 0 Å². The van der Waals surface area contributed by atoms with Gasteiger partial charge < -0.3 is 0 Å². The maximum atomic E-state index is 2.48. The van der Waals surface area contributed by atoms with Crippen molar-refractivity contribution in [2.75, 3.05) is 0 Å². The molecule has 0 nitrogen and oxygen atoms in total. The van der Waals surface area contributed by atoms with Crippen LogP contribution in [0.2, 0.25) is 0 Å². The van der Waals surface area contributed by atoms with Crippen LogP contribution in [0.5, 0.6) is 0 Å². The molecular formula is C29H46. The summed E-state index contributed by atoms with van der Waals surface area (Å²) in [6.07, 6.45) is 23.8. The second-order valence-electron chi connectivity index (χ2n) is 9.07. The van der Waals surface area contributed by atoms with Gasteiger partial charge in [0.1, 0.15) is 0 Å². The summed E-state index contributed by atoms with van der Waals surface area (Å²) >= 11 is 0. The van der Waals surface area contributed by atoms with Crippen LogP contribution in [0.4, 0.5) is 0 Å². The average molecular weight is 395 g/mol. The molecule has 0 saturated heterocycles. The highest BCUT2D eigenvalue weighted by Gasteiger charge is 2.04. The monoisotopic (exact) mass is 394 g/mol. The van der Waals surface area contributed by atoms with Gasteiger partial charge in [0, 0.05) is 0 Å². The second-order valence-corrected chi connectivity index (χ2v) is 9.07. The van der Waals surface area contributed by atoms with E-state index in [0.29, 0.717) is 0 Å². The minimum atomic E-state index is 1.20. The van der Waals surface area contributed by atoms with E-state index >= 15 is 0 Å². The molecule has 0 heterocycles. The molecule has 0 atom stereocenters. The van der Waals surface area contributed by atoms with Crippen LogP contribution < -0.4 is 0 Å². The van der Waals surface area contributed by atoms with Crippen LogP contribution in [0.25, 0.3) is 10.8 Å². The number of hydrogen-bond acceptors (Lipinski definition) is 0.